The molecule has 1 amide bonds. The number of rotatable bonds is 6. The monoisotopic (exact) mass is 393 g/mol. The maximum Gasteiger partial charge on any atom is 0.407 e. The topological polar surface area (TPSA) is 75.6 Å². The van der Waals surface area contributed by atoms with Crippen molar-refractivity contribution >= 4 is 23.4 Å². The number of ether oxygens (including phenoxy) is 1. The van der Waals surface area contributed by atoms with E-state index < -0.39 is 18.1 Å². The maximum absolute atomic E-state index is 12.4. The highest BCUT2D eigenvalue weighted by Crippen LogP contribution is 2.44. The minimum atomic E-state index is -0.977. The summed E-state index contributed by atoms with van der Waals surface area (Å²) in [5.41, 5.74) is 5.36. The molecule has 2 aromatic carbocycles. The Morgan fingerprint density at radius 2 is 1.68 bits per heavy atom. The van der Waals surface area contributed by atoms with Crippen LogP contribution in [-0.2, 0) is 9.53 Å². The number of carboxylic acids is 1. The van der Waals surface area contributed by atoms with Crippen LogP contribution in [0.15, 0.2) is 65.4 Å². The number of nitrogens with one attached hydrogen (secondary N) is 1. The van der Waals surface area contributed by atoms with Gasteiger partial charge in [-0.1, -0.05) is 48.5 Å². The molecule has 0 spiro atoms. The Balaban J connectivity index is 1.47. The zero-order valence-electron chi connectivity index (χ0n) is 15.0. The van der Waals surface area contributed by atoms with Gasteiger partial charge in [-0.05, 0) is 44.6 Å². The van der Waals surface area contributed by atoms with Gasteiger partial charge in [0, 0.05) is 5.92 Å². The van der Waals surface area contributed by atoms with E-state index in [0.717, 1.165) is 27.8 Å². The van der Waals surface area contributed by atoms with Crippen LogP contribution in [-0.4, -0.2) is 23.8 Å². The predicted octanol–water partition coefficient (Wildman–Crippen LogP) is 4.80. The quantitative estimate of drug-likeness (QED) is 0.631. The molecule has 1 heterocycles. The largest absolute Gasteiger partial charge is 0.481 e. The Morgan fingerprint density at radius 1 is 1.04 bits per heavy atom. The van der Waals surface area contributed by atoms with Crippen molar-refractivity contribution in [2.24, 2.45) is 0 Å². The maximum atomic E-state index is 12.4. The number of aliphatic carboxylic acids is 1. The zero-order chi connectivity index (χ0) is 19.5. The Hall–Kier alpha value is -3.12. The first-order valence-corrected chi connectivity index (χ1v) is 9.93. The van der Waals surface area contributed by atoms with Crippen LogP contribution < -0.4 is 5.32 Å². The van der Waals surface area contributed by atoms with E-state index in [-0.39, 0.29) is 18.9 Å². The van der Waals surface area contributed by atoms with E-state index in [2.05, 4.69) is 29.6 Å². The fourth-order valence-corrected chi connectivity index (χ4v) is 4.40. The van der Waals surface area contributed by atoms with E-state index in [1.165, 1.54) is 11.3 Å². The molecular formula is C22H19NO4S. The van der Waals surface area contributed by atoms with E-state index in [1.807, 2.05) is 41.1 Å². The second-order valence-electron chi connectivity index (χ2n) is 6.68. The summed E-state index contributed by atoms with van der Waals surface area (Å²) in [5.74, 6) is -1.01. The Bertz CT molecular complexity index is 954. The minimum absolute atomic E-state index is 0.0304. The molecule has 28 heavy (non-hydrogen) atoms. The van der Waals surface area contributed by atoms with Gasteiger partial charge in [-0.2, -0.15) is 11.3 Å². The van der Waals surface area contributed by atoms with E-state index in [1.54, 1.807) is 0 Å². The predicted molar refractivity (Wildman–Crippen MR) is 108 cm³/mol. The summed E-state index contributed by atoms with van der Waals surface area (Å²) in [7, 11) is 0. The Morgan fingerprint density at radius 3 is 2.25 bits per heavy atom. The average Bonchev–Trinajstić information content (AvgIpc) is 3.32. The number of carboxylic acid groups (broad SMARTS) is 1. The molecule has 0 unspecified atom stereocenters. The van der Waals surface area contributed by atoms with E-state index in [9.17, 15) is 9.59 Å². The van der Waals surface area contributed by atoms with Crippen LogP contribution in [0.2, 0.25) is 0 Å². The molecule has 2 N–H and O–H groups in total. The lowest BCUT2D eigenvalue weighted by atomic mass is 9.98. The fourth-order valence-electron chi connectivity index (χ4n) is 3.68. The van der Waals surface area contributed by atoms with Crippen LogP contribution >= 0.6 is 11.3 Å². The van der Waals surface area contributed by atoms with E-state index >= 15 is 0 Å². The van der Waals surface area contributed by atoms with Crippen molar-refractivity contribution < 1.29 is 19.4 Å². The molecule has 0 fully saturated rings. The Labute approximate surface area is 166 Å². The molecule has 0 radical (unpaired) electrons. The molecule has 6 heteroatoms. The van der Waals surface area contributed by atoms with Gasteiger partial charge in [-0.15, -0.1) is 0 Å². The normalized spacial score (nSPS) is 13.4. The number of hydrogen-bond donors (Lipinski definition) is 2. The second kappa shape index (κ2) is 7.86. The minimum Gasteiger partial charge on any atom is -0.481 e. The lowest BCUT2D eigenvalue weighted by Gasteiger charge is -2.18. The van der Waals surface area contributed by atoms with Gasteiger partial charge in [0.05, 0.1) is 12.5 Å². The molecular weight excluding hydrogens is 374 g/mol. The first-order valence-electron chi connectivity index (χ1n) is 8.99. The summed E-state index contributed by atoms with van der Waals surface area (Å²) in [4.78, 5) is 23.5. The third kappa shape index (κ3) is 3.64. The van der Waals surface area contributed by atoms with Crippen molar-refractivity contribution in [1.29, 1.82) is 0 Å². The van der Waals surface area contributed by atoms with Crippen molar-refractivity contribution in [3.8, 4) is 11.1 Å². The van der Waals surface area contributed by atoms with Gasteiger partial charge in [-0.3, -0.25) is 4.79 Å². The molecule has 0 saturated heterocycles. The molecule has 142 valence electrons. The average molecular weight is 393 g/mol. The summed E-state index contributed by atoms with van der Waals surface area (Å²) in [6, 6.07) is 17.4. The SMILES string of the molecule is O=C(O)C[C@H](NC(=O)OCC1c2ccccc2-c2ccccc21)c1ccsc1. The van der Waals surface area contributed by atoms with Crippen molar-refractivity contribution in [2.75, 3.05) is 6.61 Å². The molecule has 3 aromatic rings. The number of hydrogen-bond acceptors (Lipinski definition) is 4. The number of thiophene rings is 1. The van der Waals surface area contributed by atoms with Crippen molar-refractivity contribution in [3.05, 3.63) is 82.0 Å². The van der Waals surface area contributed by atoms with Gasteiger partial charge >= 0.3 is 12.1 Å². The standard InChI is InChI=1S/C22H19NO4S/c24-21(25)11-20(14-9-10-28-13-14)23-22(26)27-12-19-17-7-3-1-5-15(17)16-6-2-4-8-18(16)19/h1-10,13,19-20H,11-12H2,(H,23,26)(H,24,25)/t20-/m0/s1. The Kier molecular flexibility index (Phi) is 5.12. The molecule has 0 bridgehead atoms. The number of carbonyl (C=O) groups excluding carboxylic acids is 1. The van der Waals surface area contributed by atoms with Crippen LogP contribution in [0, 0.1) is 0 Å². The molecule has 4 rings (SSSR count). The highest BCUT2D eigenvalue weighted by molar-refractivity contribution is 7.08. The van der Waals surface area contributed by atoms with Crippen LogP contribution in [0.25, 0.3) is 11.1 Å². The summed E-state index contributed by atoms with van der Waals surface area (Å²) in [6.45, 7) is 0.198. The van der Waals surface area contributed by atoms with Crippen molar-refractivity contribution in [1.82, 2.24) is 5.32 Å². The number of fused-ring (bicyclic) bond motifs is 3. The van der Waals surface area contributed by atoms with Crippen molar-refractivity contribution in [3.63, 3.8) is 0 Å². The summed E-state index contributed by atoms with van der Waals surface area (Å²) < 4.78 is 5.51. The third-order valence-corrected chi connectivity index (χ3v) is 5.66. The van der Waals surface area contributed by atoms with Gasteiger partial charge in [0.15, 0.2) is 0 Å². The number of benzene rings is 2. The lowest BCUT2D eigenvalue weighted by Crippen LogP contribution is -2.31. The fraction of sp³-hybridized carbons (Fsp3) is 0.182. The van der Waals surface area contributed by atoms with E-state index in [0.29, 0.717) is 0 Å². The zero-order valence-corrected chi connectivity index (χ0v) is 15.8. The van der Waals surface area contributed by atoms with Gasteiger partial charge in [0.2, 0.25) is 0 Å². The van der Waals surface area contributed by atoms with Crippen molar-refractivity contribution in [2.45, 2.75) is 18.4 Å². The molecule has 1 aliphatic rings. The van der Waals surface area contributed by atoms with E-state index in [4.69, 9.17) is 9.84 Å². The molecule has 0 saturated carbocycles. The smallest absolute Gasteiger partial charge is 0.407 e. The third-order valence-electron chi connectivity index (χ3n) is 4.96. The lowest BCUT2D eigenvalue weighted by molar-refractivity contribution is -0.137. The van der Waals surface area contributed by atoms with Crippen LogP contribution in [0.5, 0.6) is 0 Å². The second-order valence-corrected chi connectivity index (χ2v) is 7.46. The molecule has 5 nitrogen and oxygen atoms in total. The highest BCUT2D eigenvalue weighted by atomic mass is 32.1. The van der Waals surface area contributed by atoms with Gasteiger partial charge < -0.3 is 15.2 Å². The number of alkyl carbamates (subject to hydrolysis) is 1. The molecule has 0 aliphatic heterocycles. The number of amides is 1. The first kappa shape index (κ1) is 18.3. The van der Waals surface area contributed by atoms with Crippen LogP contribution in [0.3, 0.4) is 0 Å². The molecule has 1 atom stereocenters. The molecule has 1 aromatic heterocycles. The summed E-state index contributed by atoms with van der Waals surface area (Å²) in [6.07, 6.45) is -0.805. The van der Waals surface area contributed by atoms with Gasteiger partial charge in [0.1, 0.15) is 6.61 Å². The summed E-state index contributed by atoms with van der Waals surface area (Å²) >= 11 is 1.46. The number of carbonyl (C=O) groups is 2. The van der Waals surface area contributed by atoms with Crippen LogP contribution in [0.4, 0.5) is 4.79 Å². The summed E-state index contributed by atoms with van der Waals surface area (Å²) in [5, 5.41) is 15.5. The van der Waals surface area contributed by atoms with Crippen LogP contribution in [0.1, 0.15) is 35.1 Å². The van der Waals surface area contributed by atoms with Gasteiger partial charge in [0.25, 0.3) is 0 Å². The molecule has 1 aliphatic carbocycles. The highest BCUT2D eigenvalue weighted by Gasteiger charge is 2.29. The van der Waals surface area contributed by atoms with Gasteiger partial charge in [-0.25, -0.2) is 4.79 Å². The first-order chi connectivity index (χ1) is 13.6.